The van der Waals surface area contributed by atoms with Gasteiger partial charge in [-0.05, 0) is 19.3 Å². The van der Waals surface area contributed by atoms with Crippen LogP contribution >= 0.6 is 11.3 Å². The van der Waals surface area contributed by atoms with Crippen molar-refractivity contribution >= 4 is 21.4 Å². The van der Waals surface area contributed by atoms with Crippen LogP contribution in [0.1, 0.15) is 31.9 Å². The Morgan fingerprint density at radius 2 is 2.37 bits per heavy atom. The van der Waals surface area contributed by atoms with Gasteiger partial charge in [-0.2, -0.15) is 9.78 Å². The monoisotopic (exact) mass is 277 g/mol. The fourth-order valence-electron chi connectivity index (χ4n) is 1.63. The molecule has 1 N–H and O–H groups in total. The number of nitrogens with one attached hydrogen (secondary N) is 1. The van der Waals surface area contributed by atoms with Crippen LogP contribution in [0.3, 0.4) is 0 Å². The van der Waals surface area contributed by atoms with Crippen molar-refractivity contribution in [2.45, 2.75) is 32.6 Å². The zero-order valence-corrected chi connectivity index (χ0v) is 11.5. The van der Waals surface area contributed by atoms with E-state index in [4.69, 9.17) is 5.26 Å². The van der Waals surface area contributed by atoms with Gasteiger partial charge in [0.05, 0.1) is 6.07 Å². The van der Waals surface area contributed by atoms with Crippen LogP contribution in [0, 0.1) is 11.3 Å². The molecule has 0 bridgehead atoms. The predicted molar refractivity (Wildman–Crippen MR) is 74.5 cm³/mol. The molecule has 0 saturated heterocycles. The topological polar surface area (TPSA) is 83.1 Å². The van der Waals surface area contributed by atoms with Crippen LogP contribution in [0.2, 0.25) is 0 Å². The van der Waals surface area contributed by atoms with Gasteiger partial charge < -0.3 is 5.32 Å². The zero-order chi connectivity index (χ0) is 13.7. The van der Waals surface area contributed by atoms with E-state index in [0.717, 1.165) is 31.5 Å². The van der Waals surface area contributed by atoms with E-state index in [9.17, 15) is 4.79 Å². The molecule has 2 aromatic heterocycles. The molecule has 0 fully saturated rings. The lowest BCUT2D eigenvalue weighted by molar-refractivity contribution is 0.780. The summed E-state index contributed by atoms with van der Waals surface area (Å²) >= 11 is 1.37. The molecule has 0 aliphatic carbocycles. The average molecular weight is 277 g/mol. The number of nitriles is 1. The average Bonchev–Trinajstić information content (AvgIpc) is 2.82. The zero-order valence-electron chi connectivity index (χ0n) is 10.7. The Hall–Kier alpha value is -1.94. The van der Waals surface area contributed by atoms with Crippen LogP contribution in [-0.2, 0) is 6.42 Å². The molecule has 100 valence electrons. The highest BCUT2D eigenvalue weighted by Gasteiger charge is 2.07. The number of anilines is 1. The number of hydrogen-bond donors (Lipinski definition) is 1. The van der Waals surface area contributed by atoms with Crippen LogP contribution < -0.4 is 10.9 Å². The van der Waals surface area contributed by atoms with Crippen molar-refractivity contribution in [1.29, 1.82) is 5.26 Å². The van der Waals surface area contributed by atoms with Gasteiger partial charge in [-0.15, -0.1) is 5.10 Å². The molecule has 7 heteroatoms. The molecule has 2 heterocycles. The lowest BCUT2D eigenvalue weighted by Crippen LogP contribution is -2.15. The first-order valence-corrected chi connectivity index (χ1v) is 7.07. The molecule has 0 radical (unpaired) electrons. The maximum Gasteiger partial charge on any atom is 0.275 e. The van der Waals surface area contributed by atoms with E-state index in [1.807, 2.05) is 6.92 Å². The second-order valence-corrected chi connectivity index (χ2v) is 5.04. The molecule has 2 rings (SSSR count). The van der Waals surface area contributed by atoms with Crippen molar-refractivity contribution in [2.75, 3.05) is 11.9 Å². The first-order valence-electron chi connectivity index (χ1n) is 6.25. The van der Waals surface area contributed by atoms with Crippen molar-refractivity contribution in [1.82, 2.24) is 14.6 Å². The summed E-state index contributed by atoms with van der Waals surface area (Å²) in [5.41, 5.74) is 0.643. The van der Waals surface area contributed by atoms with Gasteiger partial charge in [0.1, 0.15) is 0 Å². The highest BCUT2D eigenvalue weighted by atomic mass is 32.1. The first kappa shape index (κ1) is 13.5. The Labute approximate surface area is 114 Å². The van der Waals surface area contributed by atoms with E-state index >= 15 is 0 Å². The summed E-state index contributed by atoms with van der Waals surface area (Å²) in [4.78, 5) is 16.8. The van der Waals surface area contributed by atoms with Gasteiger partial charge in [0.15, 0.2) is 0 Å². The summed E-state index contributed by atoms with van der Waals surface area (Å²) < 4.78 is 1.32. The normalized spacial score (nSPS) is 10.5. The Bertz CT molecular complexity index is 654. The van der Waals surface area contributed by atoms with E-state index in [-0.39, 0.29) is 5.56 Å². The molecular weight excluding hydrogens is 262 g/mol. The van der Waals surface area contributed by atoms with E-state index in [1.54, 1.807) is 0 Å². The fourth-order valence-corrected chi connectivity index (χ4v) is 2.48. The van der Waals surface area contributed by atoms with Gasteiger partial charge in [-0.1, -0.05) is 18.3 Å². The van der Waals surface area contributed by atoms with Crippen molar-refractivity contribution in [3.05, 3.63) is 22.1 Å². The Morgan fingerprint density at radius 1 is 1.53 bits per heavy atom. The van der Waals surface area contributed by atoms with E-state index < -0.39 is 0 Å². The van der Waals surface area contributed by atoms with Crippen molar-refractivity contribution in [3.8, 4) is 6.07 Å². The molecule has 0 amide bonds. The van der Waals surface area contributed by atoms with Crippen LogP contribution in [0.25, 0.3) is 4.96 Å². The molecule has 0 saturated carbocycles. The number of rotatable bonds is 6. The Morgan fingerprint density at radius 3 is 3.11 bits per heavy atom. The van der Waals surface area contributed by atoms with Crippen LogP contribution in [0.4, 0.5) is 5.13 Å². The Balaban J connectivity index is 2.07. The smallest absolute Gasteiger partial charge is 0.275 e. The largest absolute Gasteiger partial charge is 0.360 e. The van der Waals surface area contributed by atoms with Crippen molar-refractivity contribution in [3.63, 3.8) is 0 Å². The third kappa shape index (κ3) is 3.29. The number of unbranched alkanes of at least 4 members (excludes halogenated alkanes) is 2. The summed E-state index contributed by atoms with van der Waals surface area (Å²) in [6, 6.07) is 3.63. The minimum Gasteiger partial charge on any atom is -0.360 e. The standard InChI is InChI=1S/C12H15N5OS/c1-2-9-8-10(18)17-12(15-9)19-11(16-17)14-7-5-3-4-6-13/h8H,2-5,7H2,1H3,(H,14,16). The highest BCUT2D eigenvalue weighted by Crippen LogP contribution is 2.16. The van der Waals surface area contributed by atoms with E-state index in [2.05, 4.69) is 21.5 Å². The molecule has 0 aliphatic rings. The summed E-state index contributed by atoms with van der Waals surface area (Å²) in [6.45, 7) is 2.71. The van der Waals surface area contributed by atoms with E-state index in [1.165, 1.54) is 21.9 Å². The lowest BCUT2D eigenvalue weighted by Gasteiger charge is -1.98. The fraction of sp³-hybridized carbons (Fsp3) is 0.500. The third-order valence-electron chi connectivity index (χ3n) is 2.65. The minimum atomic E-state index is -0.143. The minimum absolute atomic E-state index is 0.143. The van der Waals surface area contributed by atoms with Crippen LogP contribution in [0.5, 0.6) is 0 Å². The van der Waals surface area contributed by atoms with Crippen molar-refractivity contribution < 1.29 is 0 Å². The van der Waals surface area contributed by atoms with Gasteiger partial charge in [0.2, 0.25) is 10.1 Å². The van der Waals surface area contributed by atoms with Crippen LogP contribution in [0.15, 0.2) is 10.9 Å². The molecule has 19 heavy (non-hydrogen) atoms. The third-order valence-corrected chi connectivity index (χ3v) is 3.52. The first-order chi connectivity index (χ1) is 9.24. The molecule has 0 unspecified atom stereocenters. The maximum absolute atomic E-state index is 11.8. The number of hydrogen-bond acceptors (Lipinski definition) is 6. The molecule has 2 aromatic rings. The predicted octanol–water partition coefficient (Wildman–Crippen LogP) is 1.82. The number of fused-ring (bicyclic) bond motifs is 1. The SMILES string of the molecule is CCc1cc(=O)n2nc(NCCCCC#N)sc2n1. The van der Waals surface area contributed by atoms with Crippen LogP contribution in [-0.4, -0.2) is 21.1 Å². The molecular formula is C12H15N5OS. The number of nitrogens with zero attached hydrogens (tertiary/aromatic N) is 4. The summed E-state index contributed by atoms with van der Waals surface area (Å²) in [5.74, 6) is 0. The summed E-state index contributed by atoms with van der Waals surface area (Å²) in [7, 11) is 0. The van der Waals surface area contributed by atoms with E-state index in [0.29, 0.717) is 16.5 Å². The van der Waals surface area contributed by atoms with Gasteiger partial charge >= 0.3 is 0 Å². The lowest BCUT2D eigenvalue weighted by atomic mass is 10.2. The molecule has 0 aliphatic heterocycles. The molecule has 0 aromatic carbocycles. The summed E-state index contributed by atoms with van der Waals surface area (Å²) in [5, 5.41) is 16.5. The molecule has 6 nitrogen and oxygen atoms in total. The quantitative estimate of drug-likeness (QED) is 0.814. The Kier molecular flexibility index (Phi) is 4.47. The van der Waals surface area contributed by atoms with Gasteiger partial charge in [0, 0.05) is 24.7 Å². The van der Waals surface area contributed by atoms with Gasteiger partial charge in [0.25, 0.3) is 5.56 Å². The second kappa shape index (κ2) is 6.29. The molecule has 0 atom stereocenters. The maximum atomic E-state index is 11.8. The second-order valence-electron chi connectivity index (χ2n) is 4.08. The highest BCUT2D eigenvalue weighted by molar-refractivity contribution is 7.20. The van der Waals surface area contributed by atoms with Crippen molar-refractivity contribution in [2.24, 2.45) is 0 Å². The van der Waals surface area contributed by atoms with Gasteiger partial charge in [-0.25, -0.2) is 4.98 Å². The number of aryl methyl sites for hydroxylation is 1. The van der Waals surface area contributed by atoms with Gasteiger partial charge in [-0.3, -0.25) is 4.79 Å². The summed E-state index contributed by atoms with van der Waals surface area (Å²) in [6.07, 6.45) is 3.08. The number of aromatic nitrogens is 3. The molecule has 0 spiro atoms.